The number of ether oxygens (including phenoxy) is 1. The summed E-state index contributed by atoms with van der Waals surface area (Å²) in [6, 6.07) is 10.9. The molecular formula is C19H23ClN2O3S. The quantitative estimate of drug-likeness (QED) is 0.796. The smallest absolute Gasteiger partial charge is 0.243 e. The van der Waals surface area contributed by atoms with Crippen LogP contribution < -0.4 is 9.64 Å². The van der Waals surface area contributed by atoms with Crippen LogP contribution in [0.5, 0.6) is 5.75 Å². The van der Waals surface area contributed by atoms with E-state index >= 15 is 0 Å². The molecule has 1 heterocycles. The lowest BCUT2D eigenvalue weighted by molar-refractivity contribution is 0.383. The Kier molecular flexibility index (Phi) is 5.46. The Hall–Kier alpha value is -1.76. The minimum Gasteiger partial charge on any atom is -0.495 e. The molecular weight excluding hydrogens is 372 g/mol. The highest BCUT2D eigenvalue weighted by Gasteiger charge is 2.29. The van der Waals surface area contributed by atoms with Crippen LogP contribution >= 0.6 is 11.6 Å². The van der Waals surface area contributed by atoms with Gasteiger partial charge in [0.1, 0.15) is 5.75 Å². The van der Waals surface area contributed by atoms with Crippen LogP contribution in [-0.4, -0.2) is 46.0 Å². The van der Waals surface area contributed by atoms with Crippen LogP contribution in [0.1, 0.15) is 11.1 Å². The number of piperazine rings is 1. The summed E-state index contributed by atoms with van der Waals surface area (Å²) in [4.78, 5) is 2.45. The largest absolute Gasteiger partial charge is 0.495 e. The Morgan fingerprint density at radius 2 is 1.69 bits per heavy atom. The SMILES string of the molecule is COc1cc(S(=O)(=O)N2CCN(c3ccc(C)cc3C)CC2)ccc1Cl. The molecule has 0 radical (unpaired) electrons. The van der Waals surface area contributed by atoms with Gasteiger partial charge < -0.3 is 9.64 Å². The van der Waals surface area contributed by atoms with E-state index in [-0.39, 0.29) is 4.90 Å². The van der Waals surface area contributed by atoms with Crippen LogP contribution in [-0.2, 0) is 10.0 Å². The number of sulfonamides is 1. The van der Waals surface area contributed by atoms with Crippen LogP contribution in [0, 0.1) is 13.8 Å². The molecule has 140 valence electrons. The van der Waals surface area contributed by atoms with E-state index in [1.54, 1.807) is 6.07 Å². The lowest BCUT2D eigenvalue weighted by Crippen LogP contribution is -2.48. The van der Waals surface area contributed by atoms with Gasteiger partial charge >= 0.3 is 0 Å². The van der Waals surface area contributed by atoms with Crippen LogP contribution in [0.25, 0.3) is 0 Å². The highest BCUT2D eigenvalue weighted by Crippen LogP contribution is 2.29. The van der Waals surface area contributed by atoms with Crippen LogP contribution in [0.4, 0.5) is 5.69 Å². The van der Waals surface area contributed by atoms with Gasteiger partial charge in [-0.05, 0) is 37.6 Å². The topological polar surface area (TPSA) is 49.9 Å². The fourth-order valence-electron chi connectivity index (χ4n) is 3.28. The summed E-state index contributed by atoms with van der Waals surface area (Å²) >= 11 is 6.00. The Morgan fingerprint density at radius 1 is 1.00 bits per heavy atom. The van der Waals surface area contributed by atoms with E-state index in [1.165, 1.54) is 40.4 Å². The average Bonchev–Trinajstić information content (AvgIpc) is 2.62. The maximum absolute atomic E-state index is 12.9. The molecule has 1 fully saturated rings. The first-order chi connectivity index (χ1) is 12.3. The predicted octanol–water partition coefficient (Wildman–Crippen LogP) is 3.48. The number of rotatable bonds is 4. The zero-order valence-corrected chi connectivity index (χ0v) is 16.8. The summed E-state index contributed by atoms with van der Waals surface area (Å²) in [5.74, 6) is 0.363. The normalized spacial score (nSPS) is 15.9. The van der Waals surface area contributed by atoms with Crippen molar-refractivity contribution in [3.63, 3.8) is 0 Å². The molecule has 7 heteroatoms. The molecule has 0 spiro atoms. The first-order valence-corrected chi connectivity index (χ1v) is 10.3. The molecule has 1 aliphatic heterocycles. The third-order valence-electron chi connectivity index (χ3n) is 4.69. The number of benzene rings is 2. The molecule has 0 amide bonds. The van der Waals surface area contributed by atoms with Gasteiger partial charge in [0.15, 0.2) is 0 Å². The molecule has 0 atom stereocenters. The highest BCUT2D eigenvalue weighted by atomic mass is 35.5. The lowest BCUT2D eigenvalue weighted by atomic mass is 10.1. The van der Waals surface area contributed by atoms with Crippen molar-refractivity contribution < 1.29 is 13.2 Å². The molecule has 0 N–H and O–H groups in total. The molecule has 5 nitrogen and oxygen atoms in total. The van der Waals surface area contributed by atoms with Crippen molar-refractivity contribution in [2.24, 2.45) is 0 Å². The Morgan fingerprint density at radius 3 is 2.31 bits per heavy atom. The maximum atomic E-state index is 12.9. The van der Waals surface area contributed by atoms with E-state index in [2.05, 4.69) is 36.9 Å². The number of anilines is 1. The maximum Gasteiger partial charge on any atom is 0.243 e. The number of hydrogen-bond donors (Lipinski definition) is 0. The van der Waals surface area contributed by atoms with Crippen molar-refractivity contribution in [3.05, 3.63) is 52.5 Å². The number of halogens is 1. The van der Waals surface area contributed by atoms with Crippen LogP contribution in [0.15, 0.2) is 41.3 Å². The zero-order valence-electron chi connectivity index (χ0n) is 15.2. The number of methoxy groups -OCH3 is 1. The summed E-state index contributed by atoms with van der Waals surface area (Å²) in [6.07, 6.45) is 0. The molecule has 1 aliphatic rings. The van der Waals surface area contributed by atoms with Crippen molar-refractivity contribution in [2.45, 2.75) is 18.7 Å². The van der Waals surface area contributed by atoms with Crippen LogP contribution in [0.3, 0.4) is 0 Å². The molecule has 26 heavy (non-hydrogen) atoms. The first-order valence-electron chi connectivity index (χ1n) is 8.49. The standard InChI is InChI=1S/C19H23ClN2O3S/c1-14-4-7-18(15(2)12-14)21-8-10-22(11-9-21)26(23,24)16-5-6-17(20)19(13-16)25-3/h4-7,12-13H,8-11H2,1-3H3. The Balaban J connectivity index is 1.76. The Bertz CT molecular complexity index is 907. The van der Waals surface area contributed by atoms with Gasteiger partial charge in [-0.2, -0.15) is 4.31 Å². The first kappa shape index (κ1) is 19.0. The number of hydrogen-bond acceptors (Lipinski definition) is 4. The monoisotopic (exact) mass is 394 g/mol. The van der Waals surface area contributed by atoms with E-state index in [0.717, 1.165) is 0 Å². The van der Waals surface area contributed by atoms with E-state index in [1.807, 2.05) is 0 Å². The van der Waals surface area contributed by atoms with Crippen molar-refractivity contribution in [1.82, 2.24) is 4.31 Å². The molecule has 0 unspecified atom stereocenters. The zero-order chi connectivity index (χ0) is 18.9. The molecule has 2 aromatic rings. The summed E-state index contributed by atoms with van der Waals surface area (Å²) in [6.45, 7) is 6.37. The van der Waals surface area contributed by atoms with E-state index in [9.17, 15) is 8.42 Å². The van der Waals surface area contributed by atoms with Crippen molar-refractivity contribution >= 4 is 27.3 Å². The van der Waals surface area contributed by atoms with E-state index in [4.69, 9.17) is 16.3 Å². The average molecular weight is 395 g/mol. The summed E-state index contributed by atoms with van der Waals surface area (Å²) < 4.78 is 32.5. The second-order valence-electron chi connectivity index (χ2n) is 6.48. The minimum atomic E-state index is -3.57. The van der Waals surface area contributed by atoms with Gasteiger partial charge in [0.25, 0.3) is 0 Å². The fourth-order valence-corrected chi connectivity index (χ4v) is 4.91. The van der Waals surface area contributed by atoms with E-state index < -0.39 is 10.0 Å². The molecule has 2 aromatic carbocycles. The highest BCUT2D eigenvalue weighted by molar-refractivity contribution is 7.89. The van der Waals surface area contributed by atoms with E-state index in [0.29, 0.717) is 37.0 Å². The van der Waals surface area contributed by atoms with Gasteiger partial charge in [-0.15, -0.1) is 0 Å². The van der Waals surface area contributed by atoms with Crippen LogP contribution in [0.2, 0.25) is 5.02 Å². The number of aryl methyl sites for hydroxylation is 2. The second-order valence-corrected chi connectivity index (χ2v) is 8.82. The number of nitrogens with zero attached hydrogens (tertiary/aromatic N) is 2. The van der Waals surface area contributed by atoms with Crippen molar-refractivity contribution in [1.29, 1.82) is 0 Å². The summed E-state index contributed by atoms with van der Waals surface area (Å²) in [5.41, 5.74) is 3.61. The van der Waals surface area contributed by atoms with Crippen molar-refractivity contribution in [3.8, 4) is 5.75 Å². The van der Waals surface area contributed by atoms with Crippen molar-refractivity contribution in [2.75, 3.05) is 38.2 Å². The summed E-state index contributed by atoms with van der Waals surface area (Å²) in [5, 5.41) is 0.395. The third-order valence-corrected chi connectivity index (χ3v) is 6.90. The van der Waals surface area contributed by atoms with Gasteiger partial charge in [0.05, 0.1) is 17.0 Å². The minimum absolute atomic E-state index is 0.207. The molecule has 0 aromatic heterocycles. The van der Waals surface area contributed by atoms with Gasteiger partial charge in [0, 0.05) is 37.9 Å². The molecule has 0 aliphatic carbocycles. The lowest BCUT2D eigenvalue weighted by Gasteiger charge is -2.36. The second kappa shape index (κ2) is 7.47. The van der Waals surface area contributed by atoms with Gasteiger partial charge in [-0.1, -0.05) is 29.3 Å². The Labute approximate surface area is 160 Å². The molecule has 3 rings (SSSR count). The molecule has 0 saturated carbocycles. The molecule has 1 saturated heterocycles. The van der Waals surface area contributed by atoms with Gasteiger partial charge in [-0.25, -0.2) is 8.42 Å². The third kappa shape index (κ3) is 3.68. The van der Waals surface area contributed by atoms with Gasteiger partial charge in [-0.3, -0.25) is 0 Å². The predicted molar refractivity (Wildman–Crippen MR) is 105 cm³/mol. The van der Waals surface area contributed by atoms with Gasteiger partial charge in [0.2, 0.25) is 10.0 Å². The summed E-state index contributed by atoms with van der Waals surface area (Å²) in [7, 11) is -2.09. The molecule has 0 bridgehead atoms. The fraction of sp³-hybridized carbons (Fsp3) is 0.368.